The number of ether oxygens (including phenoxy) is 2. The van der Waals surface area contributed by atoms with E-state index in [2.05, 4.69) is 21.0 Å². The molecule has 33 heavy (non-hydrogen) atoms. The molecule has 0 aliphatic heterocycles. The smallest absolute Gasteiger partial charge is 0.282 e. The number of nitro benzene ring substituents is 1. The van der Waals surface area contributed by atoms with E-state index in [4.69, 9.17) is 14.5 Å². The Bertz CT molecular complexity index is 1300. The van der Waals surface area contributed by atoms with Gasteiger partial charge in [0.15, 0.2) is 11.5 Å². The molecule has 0 atom stereocenters. The molecule has 0 bridgehead atoms. The van der Waals surface area contributed by atoms with E-state index in [9.17, 15) is 14.9 Å². The van der Waals surface area contributed by atoms with Crippen molar-refractivity contribution < 1.29 is 14.4 Å². The Morgan fingerprint density at radius 1 is 1.15 bits per heavy atom. The first-order valence-corrected chi connectivity index (χ1v) is 11.4. The second-order valence-corrected chi connectivity index (χ2v) is 8.77. The molecule has 9 nitrogen and oxygen atoms in total. The van der Waals surface area contributed by atoms with Crippen molar-refractivity contribution in [2.75, 3.05) is 14.2 Å². The molecule has 1 saturated carbocycles. The highest BCUT2D eigenvalue weighted by atomic mass is 79.9. The Hall–Kier alpha value is -3.27. The summed E-state index contributed by atoms with van der Waals surface area (Å²) in [4.78, 5) is 29.3. The van der Waals surface area contributed by atoms with E-state index in [0.717, 1.165) is 36.6 Å². The van der Waals surface area contributed by atoms with Gasteiger partial charge in [-0.2, -0.15) is 9.78 Å². The van der Waals surface area contributed by atoms with E-state index in [1.165, 1.54) is 37.2 Å². The van der Waals surface area contributed by atoms with Gasteiger partial charge < -0.3 is 9.47 Å². The van der Waals surface area contributed by atoms with E-state index < -0.39 is 4.92 Å². The van der Waals surface area contributed by atoms with Crippen molar-refractivity contribution in [3.63, 3.8) is 0 Å². The summed E-state index contributed by atoms with van der Waals surface area (Å²) in [5.74, 6) is 1.23. The van der Waals surface area contributed by atoms with Crippen molar-refractivity contribution in [3.05, 3.63) is 66.7 Å². The maximum Gasteiger partial charge on any atom is 0.282 e. The third kappa shape index (κ3) is 4.61. The number of hydrogen-bond acceptors (Lipinski definition) is 7. The number of aromatic nitrogens is 2. The van der Waals surface area contributed by atoms with Crippen molar-refractivity contribution in [2.24, 2.45) is 5.10 Å². The number of methoxy groups -OCH3 is 2. The molecule has 4 rings (SSSR count). The normalized spacial score (nSPS) is 14.6. The van der Waals surface area contributed by atoms with E-state index >= 15 is 0 Å². The lowest BCUT2D eigenvalue weighted by Crippen LogP contribution is -2.25. The first-order valence-electron chi connectivity index (χ1n) is 10.6. The average molecular weight is 515 g/mol. The topological polar surface area (TPSA) is 109 Å². The number of halogens is 1. The molecule has 2 aromatic carbocycles. The third-order valence-electron chi connectivity index (χ3n) is 5.85. The highest BCUT2D eigenvalue weighted by Gasteiger charge is 2.23. The standard InChI is InChI=1S/C23H23BrN4O5/c1-32-20-10-15(19(28(30)31)12-21(20)33-2)13-25-27-22(14-6-4-3-5-7-14)26-18-9-8-16(24)11-17(18)23(27)29/h8-14H,3-7H2,1-2H3. The number of fused-ring (bicyclic) bond motifs is 1. The zero-order chi connectivity index (χ0) is 23.5. The molecule has 0 spiro atoms. The van der Waals surface area contributed by atoms with Gasteiger partial charge in [0, 0.05) is 10.4 Å². The second-order valence-electron chi connectivity index (χ2n) is 7.85. The lowest BCUT2D eigenvalue weighted by atomic mass is 9.88. The van der Waals surface area contributed by atoms with Gasteiger partial charge in [0.1, 0.15) is 5.82 Å². The molecule has 1 aliphatic rings. The summed E-state index contributed by atoms with van der Waals surface area (Å²) in [6.45, 7) is 0. The van der Waals surface area contributed by atoms with Crippen molar-refractivity contribution in [3.8, 4) is 11.5 Å². The molecule has 0 amide bonds. The molecule has 10 heteroatoms. The monoisotopic (exact) mass is 514 g/mol. The minimum atomic E-state index is -0.524. The molecule has 1 heterocycles. The maximum atomic E-state index is 13.4. The van der Waals surface area contributed by atoms with Crippen LogP contribution in [0.15, 0.2) is 44.7 Å². The molecule has 1 aliphatic carbocycles. The SMILES string of the molecule is COc1cc(C=Nn2c(C3CCCCC3)nc3ccc(Br)cc3c2=O)c([N+](=O)[O-])cc1OC. The number of hydrogen-bond donors (Lipinski definition) is 0. The van der Waals surface area contributed by atoms with Gasteiger partial charge in [0.05, 0.1) is 47.9 Å². The highest BCUT2D eigenvalue weighted by Crippen LogP contribution is 2.34. The number of rotatable bonds is 6. The zero-order valence-corrected chi connectivity index (χ0v) is 19.9. The summed E-state index contributed by atoms with van der Waals surface area (Å²) in [6.07, 6.45) is 6.41. The van der Waals surface area contributed by atoms with Gasteiger partial charge in [0.2, 0.25) is 0 Å². The predicted octanol–water partition coefficient (Wildman–Crippen LogP) is 5.01. The number of benzene rings is 2. The van der Waals surface area contributed by atoms with Crippen LogP contribution in [0.4, 0.5) is 5.69 Å². The third-order valence-corrected chi connectivity index (χ3v) is 6.34. The minimum Gasteiger partial charge on any atom is -0.493 e. The van der Waals surface area contributed by atoms with Crippen LogP contribution in [-0.4, -0.2) is 35.0 Å². The summed E-state index contributed by atoms with van der Waals surface area (Å²) >= 11 is 3.40. The van der Waals surface area contributed by atoms with Crippen LogP contribution in [0.2, 0.25) is 0 Å². The highest BCUT2D eigenvalue weighted by molar-refractivity contribution is 9.10. The van der Waals surface area contributed by atoms with Crippen LogP contribution in [-0.2, 0) is 0 Å². The molecular formula is C23H23BrN4O5. The van der Waals surface area contributed by atoms with Gasteiger partial charge in [0.25, 0.3) is 11.2 Å². The summed E-state index contributed by atoms with van der Waals surface area (Å²) in [5.41, 5.74) is 0.266. The van der Waals surface area contributed by atoms with Gasteiger partial charge >= 0.3 is 0 Å². The lowest BCUT2D eigenvalue weighted by molar-refractivity contribution is -0.385. The Labute approximate surface area is 198 Å². The molecule has 0 unspecified atom stereocenters. The van der Waals surface area contributed by atoms with Crippen molar-refractivity contribution in [1.82, 2.24) is 9.66 Å². The summed E-state index contributed by atoms with van der Waals surface area (Å²) < 4.78 is 12.5. The van der Waals surface area contributed by atoms with Crippen molar-refractivity contribution in [1.29, 1.82) is 0 Å². The minimum absolute atomic E-state index is 0.0945. The fourth-order valence-electron chi connectivity index (χ4n) is 4.17. The van der Waals surface area contributed by atoms with E-state index in [1.54, 1.807) is 12.1 Å². The summed E-state index contributed by atoms with van der Waals surface area (Å²) in [5, 5.41) is 16.5. The van der Waals surface area contributed by atoms with Gasteiger partial charge in [-0.3, -0.25) is 14.9 Å². The van der Waals surface area contributed by atoms with Crippen molar-refractivity contribution in [2.45, 2.75) is 38.0 Å². The van der Waals surface area contributed by atoms with E-state index in [1.807, 2.05) is 6.07 Å². The quantitative estimate of drug-likeness (QED) is 0.259. The van der Waals surface area contributed by atoms with Gasteiger partial charge in [-0.05, 0) is 37.1 Å². The van der Waals surface area contributed by atoms with E-state index in [0.29, 0.717) is 22.5 Å². The molecular weight excluding hydrogens is 492 g/mol. The van der Waals surface area contributed by atoms with Crippen LogP contribution < -0.4 is 15.0 Å². The molecule has 1 aromatic heterocycles. The van der Waals surface area contributed by atoms with Gasteiger partial charge in [-0.1, -0.05) is 35.2 Å². The fraction of sp³-hybridized carbons (Fsp3) is 0.348. The maximum absolute atomic E-state index is 13.4. The Morgan fingerprint density at radius 3 is 2.52 bits per heavy atom. The molecule has 172 valence electrons. The molecule has 0 radical (unpaired) electrons. The second kappa shape index (κ2) is 9.70. The molecule has 1 fully saturated rings. The predicted molar refractivity (Wildman–Crippen MR) is 129 cm³/mol. The van der Waals surface area contributed by atoms with Crippen molar-refractivity contribution >= 4 is 38.7 Å². The zero-order valence-electron chi connectivity index (χ0n) is 18.3. The Morgan fingerprint density at radius 2 is 1.85 bits per heavy atom. The van der Waals surface area contributed by atoms with Crippen LogP contribution in [0.3, 0.4) is 0 Å². The number of nitro groups is 1. The Balaban J connectivity index is 1.90. The van der Waals surface area contributed by atoms with E-state index in [-0.39, 0.29) is 28.5 Å². The summed E-state index contributed by atoms with van der Waals surface area (Å²) in [6, 6.07) is 8.11. The van der Waals surface area contributed by atoms with Gasteiger partial charge in [-0.15, -0.1) is 0 Å². The van der Waals surface area contributed by atoms with Crippen LogP contribution >= 0.6 is 15.9 Å². The first kappa shape index (κ1) is 22.9. The number of nitrogens with zero attached hydrogens (tertiary/aromatic N) is 4. The molecule has 0 saturated heterocycles. The average Bonchev–Trinajstić information content (AvgIpc) is 2.83. The Kier molecular flexibility index (Phi) is 6.73. The van der Waals surface area contributed by atoms with Crippen LogP contribution in [0.25, 0.3) is 10.9 Å². The van der Waals surface area contributed by atoms with Crippen LogP contribution in [0.1, 0.15) is 49.4 Å². The van der Waals surface area contributed by atoms with Crippen LogP contribution in [0.5, 0.6) is 11.5 Å². The van der Waals surface area contributed by atoms with Crippen LogP contribution in [0, 0.1) is 10.1 Å². The first-order chi connectivity index (χ1) is 15.9. The molecule has 0 N–H and O–H groups in total. The fourth-order valence-corrected chi connectivity index (χ4v) is 4.53. The lowest BCUT2D eigenvalue weighted by Gasteiger charge is -2.22. The summed E-state index contributed by atoms with van der Waals surface area (Å²) in [7, 11) is 2.85. The largest absolute Gasteiger partial charge is 0.493 e. The van der Waals surface area contributed by atoms with Gasteiger partial charge in [-0.25, -0.2) is 4.98 Å². The molecule has 3 aromatic rings.